The van der Waals surface area contributed by atoms with Crippen LogP contribution in [0.25, 0.3) is 0 Å². The summed E-state index contributed by atoms with van der Waals surface area (Å²) < 4.78 is 25.9. The van der Waals surface area contributed by atoms with E-state index in [9.17, 15) is 18.4 Å². The number of benzene rings is 2. The Kier molecular flexibility index (Phi) is 10.3. The van der Waals surface area contributed by atoms with Crippen LogP contribution in [0, 0.1) is 25.5 Å². The molecular weight excluding hydrogens is 470 g/mol. The lowest BCUT2D eigenvalue weighted by atomic mass is 10.1. The van der Waals surface area contributed by atoms with Crippen molar-refractivity contribution >= 4 is 35.4 Å². The number of halogens is 2. The number of hydrogen-bond donors (Lipinski definition) is 4. The fraction of sp³-hybridized carbons (Fsp3) is 0.333. The van der Waals surface area contributed by atoms with Crippen LogP contribution in [-0.2, 0) is 0 Å². The van der Waals surface area contributed by atoms with Crippen LogP contribution in [0.1, 0.15) is 31.9 Å². The average Bonchev–Trinajstić information content (AvgIpc) is 2.71. The highest BCUT2D eigenvalue weighted by Gasteiger charge is 2.15. The molecule has 0 atom stereocenters. The lowest BCUT2D eigenvalue weighted by Crippen LogP contribution is -2.42. The maximum Gasteiger partial charge on any atom is 0.344 e. The largest absolute Gasteiger partial charge is 0.369 e. The van der Waals surface area contributed by atoms with E-state index in [-0.39, 0.29) is 29.1 Å². The first kappa shape index (κ1) is 29.8. The zero-order valence-electron chi connectivity index (χ0n) is 21.6. The van der Waals surface area contributed by atoms with Crippen LogP contribution in [0.4, 0.5) is 29.7 Å². The van der Waals surface area contributed by atoms with E-state index in [4.69, 9.17) is 17.2 Å². The summed E-state index contributed by atoms with van der Waals surface area (Å²) in [7, 11) is 3.28. The molecule has 7 N–H and O–H groups in total. The van der Waals surface area contributed by atoms with Crippen molar-refractivity contribution in [2.75, 3.05) is 23.9 Å². The van der Waals surface area contributed by atoms with E-state index < -0.39 is 12.1 Å². The number of rotatable bonds is 2. The van der Waals surface area contributed by atoms with Crippen LogP contribution in [0.5, 0.6) is 0 Å². The number of nitrogens with one attached hydrogen (secondary N) is 1. The molecule has 0 bridgehead atoms. The van der Waals surface area contributed by atoms with Gasteiger partial charge in [-0.3, -0.25) is 0 Å². The van der Waals surface area contributed by atoms with Gasteiger partial charge in [0, 0.05) is 31.0 Å². The Labute approximate surface area is 209 Å². The Morgan fingerprint density at radius 2 is 1.19 bits per heavy atom. The fourth-order valence-electron chi connectivity index (χ4n) is 2.95. The number of amides is 4. The van der Waals surface area contributed by atoms with E-state index >= 15 is 0 Å². The van der Waals surface area contributed by atoms with Gasteiger partial charge in [0.05, 0.1) is 0 Å². The second-order valence-corrected chi connectivity index (χ2v) is 8.94. The molecule has 2 aromatic rings. The molecule has 0 aliphatic carbocycles. The molecule has 0 unspecified atom stereocenters. The summed E-state index contributed by atoms with van der Waals surface area (Å²) >= 11 is 0. The van der Waals surface area contributed by atoms with E-state index in [0.29, 0.717) is 22.5 Å². The van der Waals surface area contributed by atoms with E-state index in [2.05, 4.69) is 15.3 Å². The standard InChI is InChI=1S/C14H21FN4O.C10H13FN4O/c1-9-8-10(15)6-7-11(9)19(5)12(16)17-13(20)18-14(2,3)4;1-6-5-7(11)3-4-8(6)15(2)9(12)14-10(13)16/h6-8H,1-5H3,(H3,16,17,18,20);3-5H,1-2H3,(H4,12,13,14,16). The average molecular weight is 505 g/mol. The highest BCUT2D eigenvalue weighted by molar-refractivity contribution is 6.02. The Bertz CT molecular complexity index is 1160. The summed E-state index contributed by atoms with van der Waals surface area (Å²) in [6, 6.07) is 7.16. The molecule has 2 aromatic carbocycles. The minimum absolute atomic E-state index is 0.0396. The van der Waals surface area contributed by atoms with E-state index in [1.807, 2.05) is 20.8 Å². The lowest BCUT2D eigenvalue weighted by Gasteiger charge is -2.22. The molecule has 0 aliphatic rings. The number of carbonyl (C=O) groups is 2. The Balaban J connectivity index is 0.000000369. The Morgan fingerprint density at radius 3 is 1.53 bits per heavy atom. The summed E-state index contributed by atoms with van der Waals surface area (Å²) in [5.41, 5.74) is 18.6. The minimum Gasteiger partial charge on any atom is -0.369 e. The maximum absolute atomic E-state index is 13.1. The molecule has 36 heavy (non-hydrogen) atoms. The molecule has 0 radical (unpaired) electrons. The van der Waals surface area contributed by atoms with E-state index in [1.54, 1.807) is 40.1 Å². The number of anilines is 2. The first-order valence-electron chi connectivity index (χ1n) is 10.8. The maximum atomic E-state index is 13.1. The monoisotopic (exact) mass is 504 g/mol. The predicted octanol–water partition coefficient (Wildman–Crippen LogP) is 3.36. The van der Waals surface area contributed by atoms with Gasteiger partial charge in [-0.1, -0.05) is 0 Å². The third-order valence-corrected chi connectivity index (χ3v) is 4.65. The van der Waals surface area contributed by atoms with Crippen LogP contribution < -0.4 is 32.3 Å². The van der Waals surface area contributed by atoms with Gasteiger partial charge in [0.15, 0.2) is 0 Å². The number of aryl methyl sites for hydroxylation is 2. The highest BCUT2D eigenvalue weighted by Crippen LogP contribution is 2.20. The summed E-state index contributed by atoms with van der Waals surface area (Å²) in [5, 5.41) is 2.69. The molecule has 0 spiro atoms. The highest BCUT2D eigenvalue weighted by atomic mass is 19.1. The number of nitrogens with zero attached hydrogens (tertiary/aromatic N) is 4. The van der Waals surface area contributed by atoms with Crippen LogP contribution in [0.3, 0.4) is 0 Å². The zero-order valence-corrected chi connectivity index (χ0v) is 21.6. The fourth-order valence-corrected chi connectivity index (χ4v) is 2.95. The van der Waals surface area contributed by atoms with Crippen molar-refractivity contribution in [1.82, 2.24) is 5.32 Å². The molecule has 0 aliphatic heterocycles. The zero-order chi connectivity index (χ0) is 27.8. The van der Waals surface area contributed by atoms with Crippen molar-refractivity contribution < 1.29 is 18.4 Å². The third kappa shape index (κ3) is 9.57. The van der Waals surface area contributed by atoms with Crippen molar-refractivity contribution in [2.24, 2.45) is 27.2 Å². The van der Waals surface area contributed by atoms with Crippen LogP contribution in [-0.4, -0.2) is 43.6 Å². The van der Waals surface area contributed by atoms with Gasteiger partial charge in [-0.05, 0) is 82.1 Å². The number of hydrogen-bond acceptors (Lipinski definition) is 2. The predicted molar refractivity (Wildman–Crippen MR) is 140 cm³/mol. The molecule has 0 saturated heterocycles. The van der Waals surface area contributed by atoms with E-state index in [0.717, 1.165) is 0 Å². The van der Waals surface area contributed by atoms with Crippen molar-refractivity contribution in [3.05, 3.63) is 59.2 Å². The number of aliphatic imine (C=N–C) groups is 2. The van der Waals surface area contributed by atoms with Crippen molar-refractivity contribution in [1.29, 1.82) is 0 Å². The molecule has 0 fully saturated rings. The normalized spacial score (nSPS) is 11.8. The van der Waals surface area contributed by atoms with E-state index in [1.165, 1.54) is 34.1 Å². The first-order chi connectivity index (χ1) is 16.5. The van der Waals surface area contributed by atoms with Gasteiger partial charge in [-0.2, -0.15) is 9.98 Å². The van der Waals surface area contributed by atoms with Crippen LogP contribution >= 0.6 is 0 Å². The molecule has 12 heteroatoms. The van der Waals surface area contributed by atoms with Gasteiger partial charge in [-0.15, -0.1) is 0 Å². The van der Waals surface area contributed by atoms with Gasteiger partial charge in [-0.25, -0.2) is 18.4 Å². The summed E-state index contributed by atoms with van der Waals surface area (Å²) in [5.74, 6) is -0.649. The summed E-state index contributed by atoms with van der Waals surface area (Å²) in [6.45, 7) is 9.04. The van der Waals surface area contributed by atoms with Crippen molar-refractivity contribution in [2.45, 2.75) is 40.2 Å². The van der Waals surface area contributed by atoms with Crippen molar-refractivity contribution in [3.63, 3.8) is 0 Å². The number of guanidine groups is 2. The number of primary amides is 1. The third-order valence-electron chi connectivity index (χ3n) is 4.65. The molecule has 4 amide bonds. The molecular formula is C24H34F2N8O2. The first-order valence-corrected chi connectivity index (χ1v) is 10.8. The van der Waals surface area contributed by atoms with Gasteiger partial charge < -0.3 is 32.3 Å². The second kappa shape index (κ2) is 12.5. The molecule has 10 nitrogen and oxygen atoms in total. The smallest absolute Gasteiger partial charge is 0.344 e. The SMILES string of the molecule is Cc1cc(F)ccc1N(C)/C(N)=N\C(=O)NC(C)(C)C.Cc1cc(F)ccc1N(C)/C(N)=N\C(N)=O. The van der Waals surface area contributed by atoms with Gasteiger partial charge >= 0.3 is 12.1 Å². The summed E-state index contributed by atoms with van der Waals surface area (Å²) in [4.78, 5) is 32.4. The molecule has 0 heterocycles. The molecule has 0 saturated carbocycles. The quantitative estimate of drug-likeness (QED) is 0.363. The number of nitrogens with two attached hydrogens (primary N) is 3. The molecule has 0 aromatic heterocycles. The topological polar surface area (TPSA) is 155 Å². The molecule has 196 valence electrons. The summed E-state index contributed by atoms with van der Waals surface area (Å²) in [6.07, 6.45) is 0. The molecule has 2 rings (SSSR count). The van der Waals surface area contributed by atoms with Gasteiger partial charge in [0.1, 0.15) is 11.6 Å². The number of carbonyl (C=O) groups excluding carboxylic acids is 2. The van der Waals surface area contributed by atoms with Crippen LogP contribution in [0.2, 0.25) is 0 Å². The lowest BCUT2D eigenvalue weighted by molar-refractivity contribution is 0.240. The number of urea groups is 2. The van der Waals surface area contributed by atoms with Crippen LogP contribution in [0.15, 0.2) is 46.4 Å². The Hall–Kier alpha value is -4.22. The second-order valence-electron chi connectivity index (χ2n) is 8.94. The minimum atomic E-state index is -0.871. The van der Waals surface area contributed by atoms with Gasteiger partial charge in [0.25, 0.3) is 0 Å². The van der Waals surface area contributed by atoms with Gasteiger partial charge in [0.2, 0.25) is 11.9 Å². The Morgan fingerprint density at radius 1 is 0.806 bits per heavy atom. The van der Waals surface area contributed by atoms with Crippen molar-refractivity contribution in [3.8, 4) is 0 Å².